The van der Waals surface area contributed by atoms with E-state index in [1.807, 2.05) is 27.7 Å². The Hall–Kier alpha value is -0.900. The van der Waals surface area contributed by atoms with Crippen LogP contribution in [0.3, 0.4) is 0 Å². The van der Waals surface area contributed by atoms with Crippen molar-refractivity contribution in [1.82, 2.24) is 5.32 Å². The zero-order valence-electron chi connectivity index (χ0n) is 14.1. The van der Waals surface area contributed by atoms with Gasteiger partial charge in [0.05, 0.1) is 13.2 Å². The van der Waals surface area contributed by atoms with Crippen LogP contribution in [0.5, 0.6) is 0 Å². The van der Waals surface area contributed by atoms with E-state index in [0.29, 0.717) is 26.2 Å². The first-order valence-corrected chi connectivity index (χ1v) is 7.30. The molecule has 4 nitrogen and oxygen atoms in total. The third kappa shape index (κ3) is 9.08. The third-order valence-electron chi connectivity index (χ3n) is 3.10. The van der Waals surface area contributed by atoms with E-state index in [1.165, 1.54) is 6.92 Å². The Morgan fingerprint density at radius 3 is 2.00 bits per heavy atom. The van der Waals surface area contributed by atoms with Gasteiger partial charge in [-0.25, -0.2) is 0 Å². The Morgan fingerprint density at radius 2 is 1.55 bits per heavy atom. The molecular formula is C16H31NO3. The number of amides is 1. The van der Waals surface area contributed by atoms with Gasteiger partial charge >= 0.3 is 0 Å². The van der Waals surface area contributed by atoms with Crippen LogP contribution < -0.4 is 5.32 Å². The van der Waals surface area contributed by atoms with E-state index in [9.17, 15) is 9.59 Å². The fourth-order valence-electron chi connectivity index (χ4n) is 1.75. The second-order valence-electron chi connectivity index (χ2n) is 7.53. The van der Waals surface area contributed by atoms with Gasteiger partial charge in [0.25, 0.3) is 0 Å². The van der Waals surface area contributed by atoms with E-state index in [-0.39, 0.29) is 28.4 Å². The Kier molecular flexibility index (Phi) is 7.42. The monoisotopic (exact) mass is 285 g/mol. The minimum Gasteiger partial charge on any atom is -0.380 e. The Balaban J connectivity index is 4.14. The average Bonchev–Trinajstić information content (AvgIpc) is 2.25. The third-order valence-corrected chi connectivity index (χ3v) is 3.10. The second kappa shape index (κ2) is 7.77. The lowest BCUT2D eigenvalue weighted by Crippen LogP contribution is -2.36. The van der Waals surface area contributed by atoms with Crippen molar-refractivity contribution in [2.24, 2.45) is 16.7 Å². The summed E-state index contributed by atoms with van der Waals surface area (Å²) in [6.07, 6.45) is 0.538. The van der Waals surface area contributed by atoms with Crippen molar-refractivity contribution >= 4 is 11.7 Å². The molecule has 0 bridgehead atoms. The summed E-state index contributed by atoms with van der Waals surface area (Å²) in [6, 6.07) is 0. The van der Waals surface area contributed by atoms with Crippen LogP contribution in [0.15, 0.2) is 0 Å². The van der Waals surface area contributed by atoms with Gasteiger partial charge < -0.3 is 10.1 Å². The van der Waals surface area contributed by atoms with Crippen LogP contribution in [0.2, 0.25) is 0 Å². The molecule has 4 heteroatoms. The Bertz CT molecular complexity index is 333. The number of nitrogens with one attached hydrogen (secondary N) is 1. The minimum absolute atomic E-state index is 0.0269. The molecule has 0 radical (unpaired) electrons. The van der Waals surface area contributed by atoms with Gasteiger partial charge in [-0.15, -0.1) is 0 Å². The van der Waals surface area contributed by atoms with Gasteiger partial charge in [-0.05, 0) is 5.41 Å². The molecule has 1 amide bonds. The lowest BCUT2D eigenvalue weighted by molar-refractivity contribution is -0.125. The van der Waals surface area contributed by atoms with E-state index in [2.05, 4.69) is 19.2 Å². The molecule has 118 valence electrons. The number of ether oxygens (including phenoxy) is 1. The largest absolute Gasteiger partial charge is 0.380 e. The fourth-order valence-corrected chi connectivity index (χ4v) is 1.75. The zero-order valence-corrected chi connectivity index (χ0v) is 14.1. The maximum atomic E-state index is 11.8. The number of rotatable bonds is 9. The number of carbonyl (C=O) groups excluding carboxylic acids is 2. The van der Waals surface area contributed by atoms with Crippen LogP contribution in [0.1, 0.15) is 54.9 Å². The summed E-state index contributed by atoms with van der Waals surface area (Å²) in [5, 5.41) is 2.81. The molecule has 0 aliphatic carbocycles. The van der Waals surface area contributed by atoms with Crippen molar-refractivity contribution in [3.05, 3.63) is 0 Å². The molecule has 0 saturated carbocycles. The summed E-state index contributed by atoms with van der Waals surface area (Å²) >= 11 is 0. The van der Waals surface area contributed by atoms with Crippen LogP contribution in [-0.4, -0.2) is 31.4 Å². The molecule has 0 saturated heterocycles. The van der Waals surface area contributed by atoms with Gasteiger partial charge in [0.1, 0.15) is 5.78 Å². The molecule has 0 fully saturated rings. The normalized spacial score (nSPS) is 12.6. The quantitative estimate of drug-likeness (QED) is 0.708. The highest BCUT2D eigenvalue weighted by Crippen LogP contribution is 2.24. The summed E-state index contributed by atoms with van der Waals surface area (Å²) in [4.78, 5) is 22.7. The summed E-state index contributed by atoms with van der Waals surface area (Å²) in [6.45, 7) is 15.3. The summed E-state index contributed by atoms with van der Waals surface area (Å²) in [5.74, 6) is 0.322. The molecule has 0 rings (SSSR count). The van der Waals surface area contributed by atoms with Crippen molar-refractivity contribution in [3.63, 3.8) is 0 Å². The molecule has 0 aliphatic rings. The molecular weight excluding hydrogens is 254 g/mol. The highest BCUT2D eigenvalue weighted by atomic mass is 16.5. The average molecular weight is 285 g/mol. The zero-order chi connectivity index (χ0) is 16.0. The molecule has 0 heterocycles. The SMILES string of the molecule is CC(=O)NCC(C)(C)COCC(C)(C)CC(=O)C(C)C. The highest BCUT2D eigenvalue weighted by Gasteiger charge is 2.25. The minimum atomic E-state index is -0.147. The summed E-state index contributed by atoms with van der Waals surface area (Å²) < 4.78 is 5.77. The van der Waals surface area contributed by atoms with Gasteiger partial charge in [-0.1, -0.05) is 41.5 Å². The van der Waals surface area contributed by atoms with Gasteiger partial charge in [0.2, 0.25) is 5.91 Å². The van der Waals surface area contributed by atoms with Crippen LogP contribution in [-0.2, 0) is 14.3 Å². The number of Topliss-reactive ketones (excluding diaryl/α,β-unsaturated/α-hetero) is 1. The highest BCUT2D eigenvalue weighted by molar-refractivity contribution is 5.80. The van der Waals surface area contributed by atoms with E-state index >= 15 is 0 Å². The summed E-state index contributed by atoms with van der Waals surface area (Å²) in [7, 11) is 0. The van der Waals surface area contributed by atoms with Crippen molar-refractivity contribution < 1.29 is 14.3 Å². The number of carbonyl (C=O) groups is 2. The second-order valence-corrected chi connectivity index (χ2v) is 7.53. The molecule has 0 spiro atoms. The van der Waals surface area contributed by atoms with Gasteiger partial charge in [0, 0.05) is 31.2 Å². The smallest absolute Gasteiger partial charge is 0.216 e. The number of hydrogen-bond acceptors (Lipinski definition) is 3. The maximum Gasteiger partial charge on any atom is 0.216 e. The van der Waals surface area contributed by atoms with Crippen molar-refractivity contribution in [3.8, 4) is 0 Å². The molecule has 0 aromatic rings. The molecule has 1 N–H and O–H groups in total. The number of hydrogen-bond donors (Lipinski definition) is 1. The number of ketones is 1. The van der Waals surface area contributed by atoms with Gasteiger partial charge in [-0.3, -0.25) is 9.59 Å². The van der Waals surface area contributed by atoms with E-state index in [4.69, 9.17) is 4.74 Å². The van der Waals surface area contributed by atoms with Crippen LogP contribution >= 0.6 is 0 Å². The molecule has 0 unspecified atom stereocenters. The first-order valence-electron chi connectivity index (χ1n) is 7.30. The lowest BCUT2D eigenvalue weighted by atomic mass is 9.85. The molecule has 0 aromatic heterocycles. The summed E-state index contributed by atoms with van der Waals surface area (Å²) in [5.41, 5.74) is -0.255. The van der Waals surface area contributed by atoms with Crippen molar-refractivity contribution in [2.45, 2.75) is 54.9 Å². The van der Waals surface area contributed by atoms with E-state index in [0.717, 1.165) is 0 Å². The molecule has 0 aromatic carbocycles. The predicted molar refractivity (Wildman–Crippen MR) is 81.5 cm³/mol. The molecule has 0 atom stereocenters. The van der Waals surface area contributed by atoms with E-state index in [1.54, 1.807) is 0 Å². The van der Waals surface area contributed by atoms with Crippen molar-refractivity contribution in [1.29, 1.82) is 0 Å². The molecule has 0 aliphatic heterocycles. The fraction of sp³-hybridized carbons (Fsp3) is 0.875. The lowest BCUT2D eigenvalue weighted by Gasteiger charge is -2.29. The van der Waals surface area contributed by atoms with Crippen LogP contribution in [0.4, 0.5) is 0 Å². The van der Waals surface area contributed by atoms with Gasteiger partial charge in [0.15, 0.2) is 0 Å². The maximum absolute atomic E-state index is 11.8. The topological polar surface area (TPSA) is 55.4 Å². The predicted octanol–water partition coefficient (Wildman–Crippen LogP) is 2.81. The van der Waals surface area contributed by atoms with E-state index < -0.39 is 0 Å². The van der Waals surface area contributed by atoms with Crippen LogP contribution in [0, 0.1) is 16.7 Å². The first-order chi connectivity index (χ1) is 8.95. The Labute approximate surface area is 123 Å². The van der Waals surface area contributed by atoms with Gasteiger partial charge in [-0.2, -0.15) is 0 Å². The van der Waals surface area contributed by atoms with Crippen LogP contribution in [0.25, 0.3) is 0 Å². The molecule has 20 heavy (non-hydrogen) atoms. The Morgan fingerprint density at radius 1 is 1.05 bits per heavy atom. The first kappa shape index (κ1) is 19.1. The van der Waals surface area contributed by atoms with Crippen molar-refractivity contribution in [2.75, 3.05) is 19.8 Å². The standard InChI is InChI=1S/C16H31NO3/c1-12(2)14(19)8-15(4,5)10-20-11-16(6,7)9-17-13(3)18/h12H,8-11H2,1-7H3,(H,17,18).